The largest absolute Gasteiger partial charge is 0.428 e. The van der Waals surface area contributed by atoms with Gasteiger partial charge < -0.3 is 4.90 Å². The van der Waals surface area contributed by atoms with Gasteiger partial charge in [-0.15, -0.1) is 0 Å². The molecule has 35 heavy (non-hydrogen) atoms. The minimum Gasteiger partial charge on any atom is -0.335 e. The molecule has 1 aromatic heterocycles. The summed E-state index contributed by atoms with van der Waals surface area (Å²) >= 11 is 1.64. The molecule has 3 aliphatic rings. The van der Waals surface area contributed by atoms with Gasteiger partial charge in [-0.25, -0.2) is 17.6 Å². The van der Waals surface area contributed by atoms with Crippen molar-refractivity contribution in [2.45, 2.75) is 17.4 Å². The Hall–Kier alpha value is -2.80. The van der Waals surface area contributed by atoms with Crippen LogP contribution in [0.2, 0.25) is 0 Å². The number of carbonyl (C=O) groups excluding carboxylic acids is 1. The molecule has 0 spiro atoms. The lowest BCUT2D eigenvalue weighted by molar-refractivity contribution is -0.269. The molecule has 0 saturated carbocycles. The fourth-order valence-electron chi connectivity index (χ4n) is 4.09. The number of hydrogen-bond acceptors (Lipinski definition) is 5. The number of hydroxylamine groups is 1. The fourth-order valence-corrected chi connectivity index (χ4v) is 4.84. The van der Waals surface area contributed by atoms with Gasteiger partial charge in [0, 0.05) is 28.8 Å². The van der Waals surface area contributed by atoms with Crippen LogP contribution in [0.5, 0.6) is 0 Å². The van der Waals surface area contributed by atoms with Crippen LogP contribution in [0.4, 0.5) is 30.7 Å². The normalized spacial score (nSPS) is 23.9. The third kappa shape index (κ3) is 3.84. The molecule has 2 aromatic rings. The standard InChI is InChI=1S/C22H16F7N3O2S/c23-14-3-13(4-15(24)18(14)25)21(22(27,28)29)5-16(31-34-21)11-1-2-17(30-6-11)20(26)9-32(10-20)19(33)12-7-35-8-12/h1-6,12,31H,7-10H2. The molecule has 13 heteroatoms. The van der Waals surface area contributed by atoms with Gasteiger partial charge in [-0.3, -0.25) is 20.1 Å². The highest BCUT2D eigenvalue weighted by molar-refractivity contribution is 8.00. The van der Waals surface area contributed by atoms with Crippen molar-refractivity contribution in [2.24, 2.45) is 5.92 Å². The minimum atomic E-state index is -5.18. The fraction of sp³-hybridized carbons (Fsp3) is 0.364. The summed E-state index contributed by atoms with van der Waals surface area (Å²) in [7, 11) is 0. The van der Waals surface area contributed by atoms with E-state index in [1.54, 1.807) is 11.8 Å². The van der Waals surface area contributed by atoms with Gasteiger partial charge in [-0.1, -0.05) is 0 Å². The Morgan fingerprint density at radius 3 is 2.31 bits per heavy atom. The summed E-state index contributed by atoms with van der Waals surface area (Å²) in [6.07, 6.45) is -3.53. The summed E-state index contributed by atoms with van der Waals surface area (Å²) in [6.45, 7) is -0.329. The highest BCUT2D eigenvalue weighted by atomic mass is 32.2. The third-order valence-electron chi connectivity index (χ3n) is 6.22. The van der Waals surface area contributed by atoms with Crippen LogP contribution in [-0.4, -0.2) is 46.6 Å². The lowest BCUT2D eigenvalue weighted by Gasteiger charge is -2.46. The Morgan fingerprint density at radius 2 is 1.80 bits per heavy atom. The number of nitrogens with one attached hydrogen (secondary N) is 1. The number of rotatable bonds is 4. The number of aromatic nitrogens is 1. The molecule has 1 amide bonds. The van der Waals surface area contributed by atoms with Crippen molar-refractivity contribution in [1.82, 2.24) is 15.4 Å². The number of carbonyl (C=O) groups is 1. The smallest absolute Gasteiger partial charge is 0.335 e. The molecular formula is C22H16F7N3O2S. The zero-order valence-electron chi connectivity index (χ0n) is 17.6. The Bertz CT molecular complexity index is 1190. The zero-order chi connectivity index (χ0) is 25.2. The van der Waals surface area contributed by atoms with Crippen molar-refractivity contribution in [2.75, 3.05) is 24.6 Å². The summed E-state index contributed by atoms with van der Waals surface area (Å²) in [5, 5.41) is 0. The topological polar surface area (TPSA) is 54.5 Å². The highest BCUT2D eigenvalue weighted by Gasteiger charge is 2.60. The second-order valence-corrected chi connectivity index (χ2v) is 9.65. The van der Waals surface area contributed by atoms with Gasteiger partial charge >= 0.3 is 6.18 Å². The maximum Gasteiger partial charge on any atom is 0.428 e. The van der Waals surface area contributed by atoms with Crippen LogP contribution in [0.1, 0.15) is 16.8 Å². The van der Waals surface area contributed by atoms with Crippen LogP contribution in [0.25, 0.3) is 5.70 Å². The van der Waals surface area contributed by atoms with Gasteiger partial charge in [0.2, 0.25) is 11.5 Å². The number of alkyl halides is 4. The zero-order valence-corrected chi connectivity index (χ0v) is 18.5. The number of hydrogen-bond donors (Lipinski definition) is 1. The van der Waals surface area contributed by atoms with Crippen molar-refractivity contribution in [3.05, 3.63) is 70.8 Å². The van der Waals surface area contributed by atoms with E-state index in [4.69, 9.17) is 4.84 Å². The minimum absolute atomic E-state index is 0.0116. The van der Waals surface area contributed by atoms with Crippen molar-refractivity contribution >= 4 is 23.4 Å². The molecule has 1 aromatic carbocycles. The van der Waals surface area contributed by atoms with E-state index in [0.29, 0.717) is 17.6 Å². The number of nitrogens with zero attached hydrogens (tertiary/aromatic N) is 2. The van der Waals surface area contributed by atoms with E-state index in [0.717, 1.165) is 6.20 Å². The maximum atomic E-state index is 15.2. The monoisotopic (exact) mass is 519 g/mol. The van der Waals surface area contributed by atoms with Crippen LogP contribution in [0, 0.1) is 23.4 Å². The number of pyridine rings is 1. The Morgan fingerprint density at radius 1 is 1.14 bits per heavy atom. The van der Waals surface area contributed by atoms with Crippen LogP contribution in [0.15, 0.2) is 36.5 Å². The Labute approximate surface area is 198 Å². The molecule has 1 atom stereocenters. The van der Waals surface area contributed by atoms with Gasteiger partial charge in [0.1, 0.15) is 0 Å². The van der Waals surface area contributed by atoms with Gasteiger partial charge in [0.15, 0.2) is 23.1 Å². The lowest BCUT2D eigenvalue weighted by Crippen LogP contribution is -2.61. The predicted octanol–water partition coefficient (Wildman–Crippen LogP) is 4.20. The number of halogens is 7. The first-order valence-electron chi connectivity index (χ1n) is 10.3. The molecule has 5 rings (SSSR count). The van der Waals surface area contributed by atoms with Crippen LogP contribution >= 0.6 is 11.8 Å². The summed E-state index contributed by atoms with van der Waals surface area (Å²) in [6, 6.07) is 2.99. The Balaban J connectivity index is 1.39. The average molecular weight is 519 g/mol. The predicted molar refractivity (Wildman–Crippen MR) is 111 cm³/mol. The van der Waals surface area contributed by atoms with E-state index in [2.05, 4.69) is 10.5 Å². The quantitative estimate of drug-likeness (QED) is 0.485. The average Bonchev–Trinajstić information content (AvgIpc) is 3.21. The second-order valence-electron chi connectivity index (χ2n) is 8.58. The van der Waals surface area contributed by atoms with Gasteiger partial charge in [-0.05, 0) is 30.3 Å². The summed E-state index contributed by atoms with van der Waals surface area (Å²) < 4.78 is 97.7. The molecule has 0 radical (unpaired) electrons. The molecular weight excluding hydrogens is 503 g/mol. The van der Waals surface area contributed by atoms with Gasteiger partial charge in [0.05, 0.1) is 30.4 Å². The van der Waals surface area contributed by atoms with Crippen molar-refractivity contribution in [3.8, 4) is 0 Å². The molecule has 5 nitrogen and oxygen atoms in total. The molecule has 1 unspecified atom stereocenters. The van der Waals surface area contributed by atoms with E-state index in [-0.39, 0.29) is 54.0 Å². The SMILES string of the molecule is O=C(C1CSC1)N1CC(F)(c2ccc(C3=CC(c4cc(F)c(F)c(F)c4)(C(F)(F)F)ON3)cn2)C1. The van der Waals surface area contributed by atoms with Gasteiger partial charge in [0.25, 0.3) is 0 Å². The first-order valence-corrected chi connectivity index (χ1v) is 11.5. The molecule has 0 aliphatic carbocycles. The van der Waals surface area contributed by atoms with E-state index >= 15 is 4.39 Å². The number of thioether (sulfide) groups is 1. The molecule has 0 bridgehead atoms. The number of benzene rings is 1. The molecule has 2 fully saturated rings. The second kappa shape index (κ2) is 8.12. The first kappa shape index (κ1) is 23.9. The number of amides is 1. The summed E-state index contributed by atoms with van der Waals surface area (Å²) in [5.41, 5.74) is -4.29. The van der Waals surface area contributed by atoms with Crippen molar-refractivity contribution in [1.29, 1.82) is 0 Å². The summed E-state index contributed by atoms with van der Waals surface area (Å²) in [4.78, 5) is 22.4. The van der Waals surface area contributed by atoms with E-state index < -0.39 is 40.5 Å². The van der Waals surface area contributed by atoms with Gasteiger partial charge in [-0.2, -0.15) is 24.9 Å². The maximum absolute atomic E-state index is 15.2. The van der Waals surface area contributed by atoms with Crippen LogP contribution in [-0.2, 0) is 20.9 Å². The molecule has 3 aliphatic heterocycles. The molecule has 1 N–H and O–H groups in total. The lowest BCUT2D eigenvalue weighted by atomic mass is 9.89. The van der Waals surface area contributed by atoms with E-state index in [9.17, 15) is 31.1 Å². The van der Waals surface area contributed by atoms with Crippen molar-refractivity contribution < 1.29 is 40.4 Å². The van der Waals surface area contributed by atoms with Crippen molar-refractivity contribution in [3.63, 3.8) is 0 Å². The van der Waals surface area contributed by atoms with Crippen LogP contribution in [0.3, 0.4) is 0 Å². The Kier molecular flexibility index (Phi) is 5.55. The highest BCUT2D eigenvalue weighted by Crippen LogP contribution is 2.48. The van der Waals surface area contributed by atoms with Crippen LogP contribution < -0.4 is 5.48 Å². The first-order chi connectivity index (χ1) is 16.4. The molecule has 2 saturated heterocycles. The molecule has 186 valence electrons. The summed E-state index contributed by atoms with van der Waals surface area (Å²) in [5.74, 6) is -4.32. The number of likely N-dealkylation sites (tertiary alicyclic amines) is 1. The third-order valence-corrected chi connectivity index (χ3v) is 7.50. The molecule has 4 heterocycles. The van der Waals surface area contributed by atoms with E-state index in [1.165, 1.54) is 17.0 Å². The van der Waals surface area contributed by atoms with E-state index in [1.807, 2.05) is 0 Å².